The second-order valence-corrected chi connectivity index (χ2v) is 7.67. The van der Waals surface area contributed by atoms with Crippen LogP contribution in [0.4, 0.5) is 24.7 Å². The van der Waals surface area contributed by atoms with E-state index in [1.54, 1.807) is 24.3 Å². The quantitative estimate of drug-likeness (QED) is 0.462. The summed E-state index contributed by atoms with van der Waals surface area (Å²) in [6, 6.07) is 8.07. The highest BCUT2D eigenvalue weighted by molar-refractivity contribution is 6.31. The number of ether oxygens (including phenoxy) is 1. The minimum Gasteiger partial charge on any atom is -0.506 e. The van der Waals surface area contributed by atoms with Crippen LogP contribution in [0.25, 0.3) is 0 Å². The fourth-order valence-corrected chi connectivity index (χ4v) is 3.78. The van der Waals surface area contributed by atoms with E-state index in [1.807, 2.05) is 0 Å². The summed E-state index contributed by atoms with van der Waals surface area (Å²) in [5, 5.41) is 19.5. The summed E-state index contributed by atoms with van der Waals surface area (Å²) in [7, 11) is 1.47. The SMILES string of the molecule is COc1cccc([C@@H]2C[C@H](C(F)(F)F)n3ncc(C(=O)Nc4cc(Cl)ccc4O)c3N2)c1. The first-order valence-electron chi connectivity index (χ1n) is 9.52. The van der Waals surface area contributed by atoms with Crippen LogP contribution in [0.2, 0.25) is 5.02 Å². The molecule has 3 N–H and O–H groups in total. The van der Waals surface area contributed by atoms with E-state index in [4.69, 9.17) is 16.3 Å². The number of fused-ring (bicyclic) bond motifs is 1. The Morgan fingerprint density at radius 3 is 2.81 bits per heavy atom. The Hall–Kier alpha value is -3.40. The van der Waals surface area contributed by atoms with Gasteiger partial charge in [0.1, 0.15) is 22.9 Å². The number of phenols is 1. The minimum atomic E-state index is -4.58. The number of carbonyl (C=O) groups is 1. The Kier molecular flexibility index (Phi) is 5.64. The largest absolute Gasteiger partial charge is 0.506 e. The van der Waals surface area contributed by atoms with Crippen LogP contribution in [-0.2, 0) is 0 Å². The van der Waals surface area contributed by atoms with Crippen molar-refractivity contribution in [3.8, 4) is 11.5 Å². The van der Waals surface area contributed by atoms with Crippen LogP contribution in [0.15, 0.2) is 48.7 Å². The van der Waals surface area contributed by atoms with Gasteiger partial charge in [0.2, 0.25) is 0 Å². The Morgan fingerprint density at radius 1 is 1.31 bits per heavy atom. The Balaban J connectivity index is 1.71. The molecular weight excluding hydrogens is 449 g/mol. The Labute approximate surface area is 185 Å². The number of carbonyl (C=O) groups excluding carboxylic acids is 1. The van der Waals surface area contributed by atoms with Gasteiger partial charge in [-0.1, -0.05) is 23.7 Å². The van der Waals surface area contributed by atoms with Crippen LogP contribution >= 0.6 is 11.6 Å². The molecule has 2 heterocycles. The lowest BCUT2D eigenvalue weighted by molar-refractivity contribution is -0.173. The highest BCUT2D eigenvalue weighted by Gasteiger charge is 2.47. The number of amides is 1. The van der Waals surface area contributed by atoms with Crippen molar-refractivity contribution in [3.63, 3.8) is 0 Å². The van der Waals surface area contributed by atoms with E-state index < -0.39 is 24.2 Å². The third kappa shape index (κ3) is 4.18. The number of rotatable bonds is 4. The third-order valence-corrected chi connectivity index (χ3v) is 5.42. The highest BCUT2D eigenvalue weighted by atomic mass is 35.5. The number of aromatic nitrogens is 2. The van der Waals surface area contributed by atoms with Crippen LogP contribution < -0.4 is 15.4 Å². The number of nitrogens with one attached hydrogen (secondary N) is 2. The van der Waals surface area contributed by atoms with E-state index in [0.717, 1.165) is 10.9 Å². The molecule has 1 aromatic heterocycles. The van der Waals surface area contributed by atoms with Crippen molar-refractivity contribution in [2.45, 2.75) is 24.7 Å². The van der Waals surface area contributed by atoms with Gasteiger partial charge in [0.15, 0.2) is 6.04 Å². The first kappa shape index (κ1) is 21.8. The molecule has 1 aliphatic rings. The van der Waals surface area contributed by atoms with Gasteiger partial charge >= 0.3 is 6.18 Å². The molecule has 2 aromatic carbocycles. The van der Waals surface area contributed by atoms with E-state index in [1.165, 1.54) is 25.3 Å². The summed E-state index contributed by atoms with van der Waals surface area (Å²) in [4.78, 5) is 12.9. The number of aromatic hydroxyl groups is 1. The average molecular weight is 467 g/mol. The molecule has 3 aromatic rings. The second-order valence-electron chi connectivity index (χ2n) is 7.23. The monoisotopic (exact) mass is 466 g/mol. The maximum Gasteiger partial charge on any atom is 0.410 e. The Bertz CT molecular complexity index is 1170. The van der Waals surface area contributed by atoms with Gasteiger partial charge in [-0.15, -0.1) is 0 Å². The number of anilines is 2. The fraction of sp³-hybridized carbons (Fsp3) is 0.238. The number of benzene rings is 2. The molecule has 0 spiro atoms. The van der Waals surface area contributed by atoms with Crippen LogP contribution in [-0.4, -0.2) is 34.1 Å². The topological polar surface area (TPSA) is 88.4 Å². The number of halogens is 4. The van der Waals surface area contributed by atoms with Gasteiger partial charge < -0.3 is 20.5 Å². The summed E-state index contributed by atoms with van der Waals surface area (Å²) in [5.74, 6) is -0.561. The molecule has 0 saturated carbocycles. The van der Waals surface area contributed by atoms with E-state index in [0.29, 0.717) is 11.3 Å². The third-order valence-electron chi connectivity index (χ3n) is 5.19. The van der Waals surface area contributed by atoms with Crippen molar-refractivity contribution in [1.82, 2.24) is 9.78 Å². The van der Waals surface area contributed by atoms with E-state index >= 15 is 0 Å². The normalized spacial score (nSPS) is 17.9. The number of methoxy groups -OCH3 is 1. The van der Waals surface area contributed by atoms with E-state index in [2.05, 4.69) is 15.7 Å². The van der Waals surface area contributed by atoms with Crippen molar-refractivity contribution in [2.75, 3.05) is 17.7 Å². The molecule has 2 atom stereocenters. The van der Waals surface area contributed by atoms with Gasteiger partial charge in [-0.25, -0.2) is 4.68 Å². The van der Waals surface area contributed by atoms with Crippen molar-refractivity contribution in [2.24, 2.45) is 0 Å². The molecule has 0 radical (unpaired) electrons. The van der Waals surface area contributed by atoms with Crippen LogP contribution in [0.3, 0.4) is 0 Å². The zero-order valence-electron chi connectivity index (χ0n) is 16.7. The molecule has 0 bridgehead atoms. The summed E-state index contributed by atoms with van der Waals surface area (Å²) in [6.45, 7) is 0. The van der Waals surface area contributed by atoms with Gasteiger partial charge in [-0.2, -0.15) is 18.3 Å². The molecule has 0 unspecified atom stereocenters. The molecule has 168 valence electrons. The Morgan fingerprint density at radius 2 is 2.09 bits per heavy atom. The predicted molar refractivity (Wildman–Crippen MR) is 112 cm³/mol. The van der Waals surface area contributed by atoms with E-state index in [9.17, 15) is 23.1 Å². The number of hydrogen-bond donors (Lipinski definition) is 3. The van der Waals surface area contributed by atoms with Gasteiger partial charge in [-0.3, -0.25) is 4.79 Å². The molecule has 7 nitrogen and oxygen atoms in total. The second kappa shape index (κ2) is 8.27. The van der Waals surface area contributed by atoms with E-state index in [-0.39, 0.29) is 34.3 Å². The lowest BCUT2D eigenvalue weighted by Gasteiger charge is -2.34. The van der Waals surface area contributed by atoms with Gasteiger partial charge in [0.25, 0.3) is 5.91 Å². The van der Waals surface area contributed by atoms with Gasteiger partial charge in [0.05, 0.1) is 25.0 Å². The summed E-state index contributed by atoms with van der Waals surface area (Å²) in [5.41, 5.74) is 0.492. The maximum atomic E-state index is 13.8. The lowest BCUT2D eigenvalue weighted by atomic mass is 9.96. The van der Waals surface area contributed by atoms with Crippen LogP contribution in [0, 0.1) is 0 Å². The molecule has 4 rings (SSSR count). The van der Waals surface area contributed by atoms with Gasteiger partial charge in [0, 0.05) is 11.4 Å². The van der Waals surface area contributed by atoms with Crippen molar-refractivity contribution in [1.29, 1.82) is 0 Å². The summed E-state index contributed by atoms with van der Waals surface area (Å²) in [6.07, 6.45) is -3.84. The highest BCUT2D eigenvalue weighted by Crippen LogP contribution is 2.44. The number of phenolic OH excluding ortho intramolecular Hbond substituents is 1. The van der Waals surface area contributed by atoms with Crippen LogP contribution in [0.5, 0.6) is 11.5 Å². The summed E-state index contributed by atoms with van der Waals surface area (Å²) < 4.78 is 47.5. The van der Waals surface area contributed by atoms with Crippen LogP contribution in [0.1, 0.15) is 34.4 Å². The molecule has 11 heteroatoms. The maximum absolute atomic E-state index is 13.8. The zero-order chi connectivity index (χ0) is 23.0. The molecule has 0 aliphatic carbocycles. The predicted octanol–water partition coefficient (Wildman–Crippen LogP) is 5.16. The number of alkyl halides is 3. The van der Waals surface area contributed by atoms with Crippen molar-refractivity contribution >= 4 is 29.0 Å². The molecule has 1 aliphatic heterocycles. The minimum absolute atomic E-state index is 0.0231. The molecule has 32 heavy (non-hydrogen) atoms. The molecule has 1 amide bonds. The van der Waals surface area contributed by atoms with Crippen molar-refractivity contribution in [3.05, 3.63) is 64.8 Å². The zero-order valence-corrected chi connectivity index (χ0v) is 17.4. The smallest absolute Gasteiger partial charge is 0.410 e. The molecule has 0 fully saturated rings. The number of hydrogen-bond acceptors (Lipinski definition) is 5. The molecule has 0 saturated heterocycles. The first-order chi connectivity index (χ1) is 15.2. The first-order valence-corrected chi connectivity index (χ1v) is 9.89. The summed E-state index contributed by atoms with van der Waals surface area (Å²) >= 11 is 5.90. The standard InChI is InChI=1S/C21H18ClF3N4O3/c1-32-13-4-2-3-11(7-13)15-9-18(21(23,24)25)29-19(27-15)14(10-26-29)20(31)28-16-8-12(22)5-6-17(16)30/h2-8,10,15,18,27,30H,9H2,1H3,(H,28,31)/t15-,18+/m0/s1. The molecular formula is C21H18ClF3N4O3. The van der Waals surface area contributed by atoms with Crippen molar-refractivity contribution < 1.29 is 27.8 Å². The average Bonchev–Trinajstić information content (AvgIpc) is 3.19. The number of nitrogens with zero attached hydrogens (tertiary/aromatic N) is 2. The van der Waals surface area contributed by atoms with Gasteiger partial charge in [-0.05, 0) is 35.9 Å². The fourth-order valence-electron chi connectivity index (χ4n) is 3.60. The lowest BCUT2D eigenvalue weighted by Crippen LogP contribution is -2.36.